The average molecular weight is 482 g/mol. The number of nitrogens with one attached hydrogen (secondary N) is 1. The number of furan rings is 1. The Kier molecular flexibility index (Phi) is 5.23. The van der Waals surface area contributed by atoms with Crippen LogP contribution in [-0.2, 0) is 6.18 Å². The van der Waals surface area contributed by atoms with Gasteiger partial charge in [0.2, 0.25) is 0 Å². The third-order valence-corrected chi connectivity index (χ3v) is 6.47. The highest BCUT2D eigenvalue weighted by molar-refractivity contribution is 6.33. The Balaban J connectivity index is 1.46. The van der Waals surface area contributed by atoms with Crippen LogP contribution in [0.2, 0.25) is 5.15 Å². The fraction of sp³-hybridized carbons (Fsp3) is 0.381. The Morgan fingerprint density at radius 3 is 2.58 bits per heavy atom. The number of pyridine rings is 1. The van der Waals surface area contributed by atoms with Gasteiger partial charge >= 0.3 is 12.2 Å². The highest BCUT2D eigenvalue weighted by Gasteiger charge is 2.37. The molecule has 0 spiro atoms. The molecule has 3 aromatic rings. The van der Waals surface area contributed by atoms with Crippen LogP contribution < -0.4 is 5.32 Å². The number of alkyl halides is 3. The number of aromatic nitrogens is 2. The number of hydrogen-bond acceptors (Lipinski definition) is 4. The van der Waals surface area contributed by atoms with Gasteiger partial charge in [-0.15, -0.1) is 0 Å². The number of imidazole rings is 1. The monoisotopic (exact) mass is 481 g/mol. The van der Waals surface area contributed by atoms with E-state index in [1.807, 2.05) is 0 Å². The highest BCUT2D eigenvalue weighted by atomic mass is 35.5. The topological polar surface area (TPSA) is 83.1 Å². The van der Waals surface area contributed by atoms with Gasteiger partial charge in [0.25, 0.3) is 5.91 Å². The van der Waals surface area contributed by atoms with E-state index in [0.717, 1.165) is 10.5 Å². The first kappa shape index (κ1) is 21.6. The number of likely N-dealkylation sites (tertiary alicyclic amines) is 1. The van der Waals surface area contributed by atoms with E-state index in [0.29, 0.717) is 44.6 Å². The van der Waals surface area contributed by atoms with Crippen molar-refractivity contribution in [3.63, 3.8) is 0 Å². The number of rotatable bonds is 3. The normalized spacial score (nSPS) is 17.8. The molecule has 33 heavy (non-hydrogen) atoms. The van der Waals surface area contributed by atoms with Crippen molar-refractivity contribution in [2.75, 3.05) is 26.2 Å². The summed E-state index contributed by atoms with van der Waals surface area (Å²) in [6.07, 6.45) is 0.519. The van der Waals surface area contributed by atoms with Crippen molar-refractivity contribution in [2.24, 2.45) is 0 Å². The van der Waals surface area contributed by atoms with E-state index in [1.54, 1.807) is 4.90 Å². The molecular weight excluding hydrogens is 463 g/mol. The molecule has 0 aromatic carbocycles. The molecule has 0 saturated carbocycles. The van der Waals surface area contributed by atoms with Crippen LogP contribution in [0.25, 0.3) is 16.8 Å². The summed E-state index contributed by atoms with van der Waals surface area (Å²) >= 11 is 6.38. The van der Waals surface area contributed by atoms with Crippen molar-refractivity contribution in [3.05, 3.63) is 47.3 Å². The molecular formula is C21H19ClF3N5O3. The van der Waals surface area contributed by atoms with Crippen LogP contribution >= 0.6 is 11.6 Å². The minimum Gasteiger partial charge on any atom is -0.472 e. The molecule has 0 bridgehead atoms. The summed E-state index contributed by atoms with van der Waals surface area (Å²) in [5, 5.41) is 2.57. The molecule has 2 aliphatic rings. The Labute approximate surface area is 190 Å². The lowest BCUT2D eigenvalue weighted by molar-refractivity contribution is -0.136. The number of carbonyl (C=O) groups is 2. The van der Waals surface area contributed by atoms with Gasteiger partial charge in [-0.3, -0.25) is 9.20 Å². The maximum atomic E-state index is 13.8. The zero-order valence-electron chi connectivity index (χ0n) is 17.2. The number of hydrogen-bond donors (Lipinski definition) is 1. The molecule has 2 saturated heterocycles. The number of nitrogens with zero attached hydrogens (tertiary/aromatic N) is 4. The number of amides is 3. The SMILES string of the molecule is O=C(c1nc2c(C(F)(F)F)cc(-c3ccoc3)cn2c1Cl)N1CCC(N2CCNC2=O)CC1. The summed E-state index contributed by atoms with van der Waals surface area (Å²) < 4.78 is 47.5. The van der Waals surface area contributed by atoms with Gasteiger partial charge < -0.3 is 19.5 Å². The Morgan fingerprint density at radius 2 is 1.97 bits per heavy atom. The van der Waals surface area contributed by atoms with Crippen molar-refractivity contribution in [1.82, 2.24) is 24.5 Å². The molecule has 0 unspecified atom stereocenters. The van der Waals surface area contributed by atoms with Crippen LogP contribution in [0.5, 0.6) is 0 Å². The van der Waals surface area contributed by atoms with Gasteiger partial charge in [-0.05, 0) is 25.0 Å². The van der Waals surface area contributed by atoms with Crippen molar-refractivity contribution in [2.45, 2.75) is 25.1 Å². The van der Waals surface area contributed by atoms with E-state index in [4.69, 9.17) is 16.0 Å². The van der Waals surface area contributed by atoms with Gasteiger partial charge in [-0.2, -0.15) is 13.2 Å². The van der Waals surface area contributed by atoms with Crippen molar-refractivity contribution < 1.29 is 27.2 Å². The first-order valence-electron chi connectivity index (χ1n) is 10.4. The largest absolute Gasteiger partial charge is 0.472 e. The van der Waals surface area contributed by atoms with E-state index in [2.05, 4.69) is 10.3 Å². The molecule has 8 nitrogen and oxygen atoms in total. The number of piperidine rings is 1. The molecule has 2 aliphatic heterocycles. The van der Waals surface area contributed by atoms with Gasteiger partial charge in [-0.1, -0.05) is 11.6 Å². The van der Waals surface area contributed by atoms with E-state index in [-0.39, 0.29) is 28.5 Å². The van der Waals surface area contributed by atoms with Crippen LogP contribution in [0.1, 0.15) is 28.9 Å². The molecule has 174 valence electrons. The summed E-state index contributed by atoms with van der Waals surface area (Å²) in [4.78, 5) is 32.3. The molecule has 0 aliphatic carbocycles. The van der Waals surface area contributed by atoms with Crippen LogP contribution in [0, 0.1) is 0 Å². The molecule has 5 heterocycles. The first-order chi connectivity index (χ1) is 15.7. The summed E-state index contributed by atoms with van der Waals surface area (Å²) in [6, 6.07) is 2.40. The first-order valence-corrected chi connectivity index (χ1v) is 10.8. The molecule has 2 fully saturated rings. The maximum Gasteiger partial charge on any atom is 0.420 e. The summed E-state index contributed by atoms with van der Waals surface area (Å²) in [6.45, 7) is 1.92. The number of fused-ring (bicyclic) bond motifs is 1. The quantitative estimate of drug-likeness (QED) is 0.615. The smallest absolute Gasteiger partial charge is 0.420 e. The van der Waals surface area contributed by atoms with Gasteiger partial charge in [-0.25, -0.2) is 9.78 Å². The highest BCUT2D eigenvalue weighted by Crippen LogP contribution is 2.37. The number of carbonyl (C=O) groups excluding carboxylic acids is 2. The van der Waals surface area contributed by atoms with Gasteiger partial charge in [0, 0.05) is 49.5 Å². The molecule has 12 heteroatoms. The van der Waals surface area contributed by atoms with Gasteiger partial charge in [0.05, 0.1) is 18.1 Å². The molecule has 5 rings (SSSR count). The lowest BCUT2D eigenvalue weighted by Gasteiger charge is -2.35. The lowest BCUT2D eigenvalue weighted by atomic mass is 10.0. The second-order valence-electron chi connectivity index (χ2n) is 8.05. The fourth-order valence-electron chi connectivity index (χ4n) is 4.41. The zero-order valence-corrected chi connectivity index (χ0v) is 18.0. The zero-order chi connectivity index (χ0) is 23.3. The minimum atomic E-state index is -4.70. The van der Waals surface area contributed by atoms with Crippen LogP contribution in [0.3, 0.4) is 0 Å². The van der Waals surface area contributed by atoms with Gasteiger partial charge in [0.1, 0.15) is 5.15 Å². The molecule has 1 N–H and O–H groups in total. The molecule has 3 amide bonds. The fourth-order valence-corrected chi connectivity index (χ4v) is 4.67. The average Bonchev–Trinajstić information content (AvgIpc) is 3.53. The number of urea groups is 1. The predicted molar refractivity (Wildman–Crippen MR) is 112 cm³/mol. The minimum absolute atomic E-state index is 0.0161. The van der Waals surface area contributed by atoms with Crippen molar-refractivity contribution in [3.8, 4) is 11.1 Å². The van der Waals surface area contributed by atoms with E-state index in [1.165, 1.54) is 29.7 Å². The molecule has 0 atom stereocenters. The Morgan fingerprint density at radius 1 is 1.21 bits per heavy atom. The van der Waals surface area contributed by atoms with Crippen LogP contribution in [-0.4, -0.2) is 63.3 Å². The van der Waals surface area contributed by atoms with E-state index < -0.39 is 23.3 Å². The second kappa shape index (κ2) is 7.98. The van der Waals surface area contributed by atoms with Crippen molar-refractivity contribution in [1.29, 1.82) is 0 Å². The standard InChI is InChI=1S/C21H19ClF3N5O3/c22-17-16(19(31)28-5-1-14(2-6-28)29-7-4-26-20(29)32)27-18-15(21(23,24)25)9-13(10-30(17)18)12-3-8-33-11-12/h3,8-11,14H,1-2,4-7H2,(H,26,32). The lowest BCUT2D eigenvalue weighted by Crippen LogP contribution is -2.47. The van der Waals surface area contributed by atoms with Crippen LogP contribution in [0.15, 0.2) is 35.3 Å². The Bertz CT molecular complexity index is 1220. The molecule has 3 aromatic heterocycles. The summed E-state index contributed by atoms with van der Waals surface area (Å²) in [7, 11) is 0. The van der Waals surface area contributed by atoms with E-state index >= 15 is 0 Å². The van der Waals surface area contributed by atoms with Gasteiger partial charge in [0.15, 0.2) is 11.3 Å². The maximum absolute atomic E-state index is 13.8. The summed E-state index contributed by atoms with van der Waals surface area (Å²) in [5.74, 6) is -0.536. The second-order valence-corrected chi connectivity index (χ2v) is 8.40. The third kappa shape index (κ3) is 3.79. The third-order valence-electron chi connectivity index (χ3n) is 6.11. The van der Waals surface area contributed by atoms with Crippen molar-refractivity contribution >= 4 is 29.2 Å². The van der Waals surface area contributed by atoms with Crippen LogP contribution in [0.4, 0.5) is 18.0 Å². The number of halogens is 4. The Hall–Kier alpha value is -3.21. The summed E-state index contributed by atoms with van der Waals surface area (Å²) in [5.41, 5.74) is -1.00. The van der Waals surface area contributed by atoms with E-state index in [9.17, 15) is 22.8 Å². The molecule has 0 radical (unpaired) electrons. The predicted octanol–water partition coefficient (Wildman–Crippen LogP) is 3.90.